The highest BCUT2D eigenvalue weighted by molar-refractivity contribution is 6.18. The van der Waals surface area contributed by atoms with Gasteiger partial charge in [-0.1, -0.05) is 0 Å². The maximum absolute atomic E-state index is 12.3. The van der Waals surface area contributed by atoms with Crippen molar-refractivity contribution in [3.8, 4) is 0 Å². The predicted molar refractivity (Wildman–Crippen MR) is 65.3 cm³/mol. The van der Waals surface area contributed by atoms with Crippen molar-refractivity contribution < 1.29 is 9.53 Å². The van der Waals surface area contributed by atoms with Crippen molar-refractivity contribution in [2.75, 3.05) is 25.6 Å². The highest BCUT2D eigenvalue weighted by Gasteiger charge is 2.25. The van der Waals surface area contributed by atoms with Gasteiger partial charge in [-0.2, -0.15) is 0 Å². The van der Waals surface area contributed by atoms with E-state index in [0.717, 1.165) is 5.69 Å². The van der Waals surface area contributed by atoms with E-state index in [1.165, 1.54) is 0 Å². The Labute approximate surface area is 106 Å². The lowest BCUT2D eigenvalue weighted by Gasteiger charge is -2.32. The van der Waals surface area contributed by atoms with Crippen LogP contribution in [-0.2, 0) is 4.74 Å². The molecule has 4 nitrogen and oxygen atoms in total. The van der Waals surface area contributed by atoms with E-state index in [2.05, 4.69) is 4.98 Å². The molecule has 1 aliphatic rings. The summed E-state index contributed by atoms with van der Waals surface area (Å²) in [4.78, 5) is 18.2. The lowest BCUT2D eigenvalue weighted by molar-refractivity contribution is -0.0108. The molecule has 0 saturated carbocycles. The highest BCUT2D eigenvalue weighted by Crippen LogP contribution is 2.13. The molecule has 5 heteroatoms. The number of carbonyl (C=O) groups excluding carboxylic acids is 1. The predicted octanol–water partition coefficient (Wildman–Crippen LogP) is 1.47. The Kier molecular flexibility index (Phi) is 3.97. The first-order chi connectivity index (χ1) is 8.22. The van der Waals surface area contributed by atoms with Crippen LogP contribution in [-0.4, -0.2) is 47.5 Å². The number of alkyl halides is 1. The third-order valence-corrected chi connectivity index (χ3v) is 3.18. The highest BCUT2D eigenvalue weighted by atomic mass is 35.5. The molecule has 1 fully saturated rings. The van der Waals surface area contributed by atoms with Crippen LogP contribution in [0, 0.1) is 6.92 Å². The molecule has 1 unspecified atom stereocenters. The number of ether oxygens (including phenoxy) is 1. The van der Waals surface area contributed by atoms with E-state index in [1.807, 2.05) is 6.92 Å². The van der Waals surface area contributed by atoms with Crippen molar-refractivity contribution in [2.24, 2.45) is 0 Å². The van der Waals surface area contributed by atoms with Crippen LogP contribution >= 0.6 is 11.6 Å². The quantitative estimate of drug-likeness (QED) is 0.751. The topological polar surface area (TPSA) is 42.4 Å². The van der Waals surface area contributed by atoms with Crippen molar-refractivity contribution in [1.82, 2.24) is 9.88 Å². The van der Waals surface area contributed by atoms with Crippen LogP contribution in [0.25, 0.3) is 0 Å². The van der Waals surface area contributed by atoms with Crippen molar-refractivity contribution >= 4 is 17.5 Å². The Hall–Kier alpha value is -1.13. The second kappa shape index (κ2) is 5.47. The van der Waals surface area contributed by atoms with E-state index in [1.54, 1.807) is 23.2 Å². The molecule has 0 bridgehead atoms. The molecule has 17 heavy (non-hydrogen) atoms. The van der Waals surface area contributed by atoms with Crippen molar-refractivity contribution in [2.45, 2.75) is 13.0 Å². The van der Waals surface area contributed by atoms with E-state index in [9.17, 15) is 4.79 Å². The summed E-state index contributed by atoms with van der Waals surface area (Å²) in [5.74, 6) is 0.421. The van der Waals surface area contributed by atoms with Gasteiger partial charge in [0.05, 0.1) is 24.2 Å². The molecular formula is C12H15ClN2O2. The molecule has 1 atom stereocenters. The monoisotopic (exact) mass is 254 g/mol. The Morgan fingerprint density at radius 2 is 2.53 bits per heavy atom. The minimum atomic E-state index is -0.0636. The first-order valence-electron chi connectivity index (χ1n) is 5.61. The summed E-state index contributed by atoms with van der Waals surface area (Å²) in [6.07, 6.45) is 1.62. The molecule has 1 aliphatic heterocycles. The number of aromatic nitrogens is 1. The molecule has 92 valence electrons. The lowest BCUT2D eigenvalue weighted by Crippen LogP contribution is -2.46. The molecule has 2 rings (SSSR count). The number of morpholine rings is 1. The molecule has 1 aromatic rings. The second-order valence-corrected chi connectivity index (χ2v) is 4.34. The number of aryl methyl sites for hydroxylation is 1. The molecule has 0 aliphatic carbocycles. The van der Waals surface area contributed by atoms with E-state index >= 15 is 0 Å². The van der Waals surface area contributed by atoms with Gasteiger partial charge in [-0.05, 0) is 19.1 Å². The van der Waals surface area contributed by atoms with Crippen LogP contribution < -0.4 is 0 Å². The standard InChI is InChI=1S/C12H15ClN2O2/c1-9-11(3-2-4-14-9)12(16)15-5-6-17-10(7-13)8-15/h2-4,10H,5-8H2,1H3. The van der Waals surface area contributed by atoms with E-state index < -0.39 is 0 Å². The molecule has 1 saturated heterocycles. The zero-order valence-corrected chi connectivity index (χ0v) is 10.5. The summed E-state index contributed by atoms with van der Waals surface area (Å²) in [5, 5.41) is 0. The van der Waals surface area contributed by atoms with Crippen LogP contribution in [0.2, 0.25) is 0 Å². The van der Waals surface area contributed by atoms with Gasteiger partial charge >= 0.3 is 0 Å². The fourth-order valence-electron chi connectivity index (χ4n) is 1.88. The molecule has 1 amide bonds. The van der Waals surface area contributed by atoms with Crippen LogP contribution in [0.1, 0.15) is 16.1 Å². The van der Waals surface area contributed by atoms with Gasteiger partial charge in [0.2, 0.25) is 0 Å². The largest absolute Gasteiger partial charge is 0.373 e. The zero-order valence-electron chi connectivity index (χ0n) is 9.73. The summed E-state index contributed by atoms with van der Waals surface area (Å²) >= 11 is 5.75. The number of amides is 1. The third-order valence-electron chi connectivity index (χ3n) is 2.84. The average Bonchev–Trinajstić information content (AvgIpc) is 2.38. The number of rotatable bonds is 2. The lowest BCUT2D eigenvalue weighted by atomic mass is 10.1. The normalized spacial score (nSPS) is 20.4. The maximum atomic E-state index is 12.3. The summed E-state index contributed by atoms with van der Waals surface area (Å²) in [6, 6.07) is 3.58. The van der Waals surface area contributed by atoms with Crippen LogP contribution in [0.15, 0.2) is 18.3 Å². The molecule has 0 radical (unpaired) electrons. The summed E-state index contributed by atoms with van der Waals surface area (Å²) < 4.78 is 5.43. The zero-order chi connectivity index (χ0) is 12.3. The smallest absolute Gasteiger partial charge is 0.255 e. The van der Waals surface area contributed by atoms with Gasteiger partial charge in [0, 0.05) is 25.0 Å². The molecule has 1 aromatic heterocycles. The van der Waals surface area contributed by atoms with Gasteiger partial charge in [0.25, 0.3) is 5.91 Å². The molecule has 0 N–H and O–H groups in total. The van der Waals surface area contributed by atoms with Crippen LogP contribution in [0.3, 0.4) is 0 Å². The minimum absolute atomic E-state index is 0.00835. The second-order valence-electron chi connectivity index (χ2n) is 4.03. The Morgan fingerprint density at radius 3 is 3.24 bits per heavy atom. The summed E-state index contributed by atoms with van der Waals surface area (Å²) in [7, 11) is 0. The van der Waals surface area contributed by atoms with Gasteiger partial charge in [0.1, 0.15) is 0 Å². The number of hydrogen-bond acceptors (Lipinski definition) is 3. The number of halogens is 1. The number of carbonyl (C=O) groups is 1. The van der Waals surface area contributed by atoms with E-state index in [0.29, 0.717) is 31.1 Å². The number of pyridine rings is 1. The first kappa shape index (κ1) is 12.3. The molecule has 0 spiro atoms. The third kappa shape index (κ3) is 2.76. The molecule has 0 aromatic carbocycles. The number of hydrogen-bond donors (Lipinski definition) is 0. The van der Waals surface area contributed by atoms with Crippen molar-refractivity contribution in [3.05, 3.63) is 29.6 Å². The fourth-order valence-corrected chi connectivity index (χ4v) is 2.06. The SMILES string of the molecule is Cc1ncccc1C(=O)N1CCOC(CCl)C1. The van der Waals surface area contributed by atoms with E-state index in [-0.39, 0.29) is 12.0 Å². The summed E-state index contributed by atoms with van der Waals surface area (Å²) in [6.45, 7) is 3.55. The van der Waals surface area contributed by atoms with E-state index in [4.69, 9.17) is 16.3 Å². The number of nitrogens with zero attached hydrogens (tertiary/aromatic N) is 2. The Balaban J connectivity index is 2.12. The van der Waals surface area contributed by atoms with Crippen molar-refractivity contribution in [3.63, 3.8) is 0 Å². The van der Waals surface area contributed by atoms with Crippen LogP contribution in [0.5, 0.6) is 0 Å². The maximum Gasteiger partial charge on any atom is 0.255 e. The summed E-state index contributed by atoms with van der Waals surface area (Å²) in [5.41, 5.74) is 1.41. The van der Waals surface area contributed by atoms with Crippen LogP contribution in [0.4, 0.5) is 0 Å². The Morgan fingerprint density at radius 1 is 1.71 bits per heavy atom. The molecular weight excluding hydrogens is 240 g/mol. The Bertz CT molecular complexity index is 411. The van der Waals surface area contributed by atoms with Gasteiger partial charge in [-0.25, -0.2) is 0 Å². The van der Waals surface area contributed by atoms with Gasteiger partial charge in [-0.3, -0.25) is 9.78 Å². The van der Waals surface area contributed by atoms with Gasteiger partial charge in [0.15, 0.2) is 0 Å². The van der Waals surface area contributed by atoms with Crippen molar-refractivity contribution in [1.29, 1.82) is 0 Å². The van der Waals surface area contributed by atoms with Gasteiger partial charge < -0.3 is 9.64 Å². The average molecular weight is 255 g/mol. The van der Waals surface area contributed by atoms with Gasteiger partial charge in [-0.15, -0.1) is 11.6 Å². The first-order valence-corrected chi connectivity index (χ1v) is 6.14. The minimum Gasteiger partial charge on any atom is -0.373 e. The molecule has 2 heterocycles. The fraction of sp³-hybridized carbons (Fsp3) is 0.500.